The van der Waals surface area contributed by atoms with E-state index in [4.69, 9.17) is 5.26 Å². The van der Waals surface area contributed by atoms with Crippen LogP contribution in [0, 0.1) is 11.3 Å². The molecule has 0 aliphatic carbocycles. The molecule has 2 N–H and O–H groups in total. The lowest BCUT2D eigenvalue weighted by Crippen LogP contribution is -3.12. The van der Waals surface area contributed by atoms with E-state index in [1.54, 1.807) is 35.6 Å². The molecule has 1 aromatic carbocycles. The Balaban J connectivity index is 1.94. The van der Waals surface area contributed by atoms with Gasteiger partial charge in [0.1, 0.15) is 6.54 Å². The van der Waals surface area contributed by atoms with Crippen LogP contribution in [0.5, 0.6) is 0 Å². The summed E-state index contributed by atoms with van der Waals surface area (Å²) in [4.78, 5) is 14.7. The topological polar surface area (TPSA) is 57.3 Å². The number of nitrogens with zero attached hydrogens (tertiary/aromatic N) is 1. The van der Waals surface area contributed by atoms with Crippen molar-refractivity contribution in [2.24, 2.45) is 0 Å². The van der Waals surface area contributed by atoms with Crippen LogP contribution in [-0.4, -0.2) is 19.0 Å². The van der Waals surface area contributed by atoms with Gasteiger partial charge in [-0.2, -0.15) is 5.26 Å². The highest BCUT2D eigenvalue weighted by atomic mass is 79.9. The van der Waals surface area contributed by atoms with Crippen molar-refractivity contribution in [3.05, 3.63) is 50.6 Å². The van der Waals surface area contributed by atoms with Gasteiger partial charge in [-0.3, -0.25) is 4.79 Å². The van der Waals surface area contributed by atoms with Crippen LogP contribution < -0.4 is 10.2 Å². The molecule has 0 spiro atoms. The number of hydrogen-bond acceptors (Lipinski definition) is 3. The Labute approximate surface area is 142 Å². The highest BCUT2D eigenvalue weighted by molar-refractivity contribution is 9.11. The molecular weight excluding hydrogens is 362 g/mol. The average Bonchev–Trinajstić information content (AvgIpc) is 2.92. The van der Waals surface area contributed by atoms with Gasteiger partial charge >= 0.3 is 0 Å². The zero-order valence-electron chi connectivity index (χ0n) is 12.4. The number of thiophene rings is 1. The first-order valence-electron chi connectivity index (χ1n) is 6.87. The number of anilines is 1. The maximum atomic E-state index is 12.3. The van der Waals surface area contributed by atoms with Gasteiger partial charge in [0.15, 0.2) is 6.04 Å². The first-order valence-corrected chi connectivity index (χ1v) is 8.48. The first-order chi connectivity index (χ1) is 10.5. The number of hydrogen-bond donors (Lipinski definition) is 2. The fraction of sp³-hybridized carbons (Fsp3) is 0.250. The molecule has 0 saturated heterocycles. The summed E-state index contributed by atoms with van der Waals surface area (Å²) in [5.41, 5.74) is 1.29. The van der Waals surface area contributed by atoms with Gasteiger partial charge in [-0.25, -0.2) is 0 Å². The third kappa shape index (κ3) is 4.41. The summed E-state index contributed by atoms with van der Waals surface area (Å²) in [7, 11) is 2.01. The van der Waals surface area contributed by atoms with Crippen LogP contribution in [0.4, 0.5) is 5.69 Å². The number of quaternary nitrogens is 1. The lowest BCUT2D eigenvalue weighted by molar-refractivity contribution is -0.907. The first kappa shape index (κ1) is 16.7. The van der Waals surface area contributed by atoms with Crippen molar-refractivity contribution < 1.29 is 9.69 Å². The van der Waals surface area contributed by atoms with Crippen LogP contribution >= 0.6 is 27.3 Å². The molecule has 1 unspecified atom stereocenters. The van der Waals surface area contributed by atoms with Gasteiger partial charge < -0.3 is 10.2 Å². The van der Waals surface area contributed by atoms with E-state index in [2.05, 4.69) is 33.4 Å². The van der Waals surface area contributed by atoms with Gasteiger partial charge in [-0.1, -0.05) is 0 Å². The molecule has 0 fully saturated rings. The van der Waals surface area contributed by atoms with E-state index in [9.17, 15) is 4.79 Å². The molecule has 0 saturated carbocycles. The quantitative estimate of drug-likeness (QED) is 0.839. The zero-order valence-corrected chi connectivity index (χ0v) is 14.8. The smallest absolute Gasteiger partial charge is 0.282 e. The summed E-state index contributed by atoms with van der Waals surface area (Å²) in [6, 6.07) is 12.9. The van der Waals surface area contributed by atoms with E-state index in [1.165, 1.54) is 4.88 Å². The number of carbonyl (C=O) groups excluding carboxylic acids is 1. The molecule has 0 radical (unpaired) electrons. The largest absolute Gasteiger partial charge is 0.323 e. The normalized spacial score (nSPS) is 13.2. The molecule has 114 valence electrons. The maximum Gasteiger partial charge on any atom is 0.282 e. The zero-order chi connectivity index (χ0) is 16.1. The number of halogens is 1. The molecule has 2 aromatic rings. The second-order valence-corrected chi connectivity index (χ2v) is 7.68. The lowest BCUT2D eigenvalue weighted by Gasteiger charge is -2.20. The summed E-state index contributed by atoms with van der Waals surface area (Å²) in [5.74, 6) is -0.0298. The summed E-state index contributed by atoms with van der Waals surface area (Å²) in [6.07, 6.45) is 0. The van der Waals surface area contributed by atoms with E-state index in [-0.39, 0.29) is 11.9 Å². The number of nitriles is 1. The van der Waals surface area contributed by atoms with E-state index >= 15 is 0 Å². The van der Waals surface area contributed by atoms with Gasteiger partial charge in [0.25, 0.3) is 5.91 Å². The van der Waals surface area contributed by atoms with E-state index in [1.807, 2.05) is 20.0 Å². The minimum atomic E-state index is -0.170. The van der Waals surface area contributed by atoms with Crippen molar-refractivity contribution in [3.8, 4) is 6.07 Å². The van der Waals surface area contributed by atoms with E-state index in [0.717, 1.165) is 15.2 Å². The average molecular weight is 379 g/mol. The third-order valence-corrected chi connectivity index (χ3v) is 5.12. The summed E-state index contributed by atoms with van der Waals surface area (Å²) in [5, 5.41) is 11.7. The molecule has 22 heavy (non-hydrogen) atoms. The predicted octanol–water partition coefficient (Wildman–Crippen LogP) is 2.42. The summed E-state index contributed by atoms with van der Waals surface area (Å²) in [6.45, 7) is 2.72. The molecule has 0 bridgehead atoms. The van der Waals surface area contributed by atoms with Crippen molar-refractivity contribution in [2.75, 3.05) is 12.4 Å². The van der Waals surface area contributed by atoms with E-state index < -0.39 is 0 Å². The van der Waals surface area contributed by atoms with Crippen molar-refractivity contribution in [2.45, 2.75) is 19.5 Å². The molecule has 6 heteroatoms. The van der Waals surface area contributed by atoms with Crippen LogP contribution in [-0.2, 0) is 11.3 Å². The van der Waals surface area contributed by atoms with Gasteiger partial charge in [0, 0.05) is 5.69 Å². The predicted molar refractivity (Wildman–Crippen MR) is 91.9 cm³/mol. The van der Waals surface area contributed by atoms with Crippen LogP contribution in [0.25, 0.3) is 0 Å². The standard InChI is InChI=1S/C16H16BrN3OS/c1-11(20(2)10-14-7-8-15(17)22-14)16(21)19-13-5-3-12(9-18)4-6-13/h3-8,11H,10H2,1-2H3,(H,19,21)/p+1/t11-/m0/s1. The SMILES string of the molecule is C[C@@H](C(=O)Nc1ccc(C#N)cc1)[NH+](C)Cc1ccc(Br)s1. The minimum absolute atomic E-state index is 0.0298. The Morgan fingerprint density at radius 3 is 2.59 bits per heavy atom. The van der Waals surface area contributed by atoms with E-state index in [0.29, 0.717) is 11.3 Å². The van der Waals surface area contributed by atoms with Crippen molar-refractivity contribution in [1.82, 2.24) is 0 Å². The van der Waals surface area contributed by atoms with Gasteiger partial charge in [0.05, 0.1) is 27.3 Å². The number of likely N-dealkylation sites (N-methyl/N-ethyl adjacent to an activating group) is 1. The fourth-order valence-electron chi connectivity index (χ4n) is 1.98. The van der Waals surface area contributed by atoms with Gasteiger partial charge in [-0.15, -0.1) is 11.3 Å². The van der Waals surface area contributed by atoms with Crippen LogP contribution in [0.1, 0.15) is 17.4 Å². The van der Waals surface area contributed by atoms with Crippen LogP contribution in [0.3, 0.4) is 0 Å². The molecule has 1 amide bonds. The van der Waals surface area contributed by atoms with Crippen molar-refractivity contribution >= 4 is 38.9 Å². The molecule has 2 rings (SSSR count). The molecular formula is C16H17BrN3OS+. The molecule has 1 heterocycles. The number of amides is 1. The molecule has 4 nitrogen and oxygen atoms in total. The Hall–Kier alpha value is -1.68. The number of nitrogens with one attached hydrogen (secondary N) is 2. The second-order valence-electron chi connectivity index (χ2n) is 5.13. The van der Waals surface area contributed by atoms with Crippen LogP contribution in [0.15, 0.2) is 40.2 Å². The molecule has 0 aliphatic rings. The monoisotopic (exact) mass is 378 g/mol. The molecule has 2 atom stereocenters. The summed E-state index contributed by atoms with van der Waals surface area (Å²) < 4.78 is 1.10. The highest BCUT2D eigenvalue weighted by Gasteiger charge is 2.22. The van der Waals surface area contributed by atoms with Crippen molar-refractivity contribution in [3.63, 3.8) is 0 Å². The number of rotatable bonds is 5. The lowest BCUT2D eigenvalue weighted by atomic mass is 10.2. The number of benzene rings is 1. The Bertz CT molecular complexity index is 690. The highest BCUT2D eigenvalue weighted by Crippen LogP contribution is 2.21. The summed E-state index contributed by atoms with van der Waals surface area (Å²) >= 11 is 5.14. The Morgan fingerprint density at radius 1 is 1.36 bits per heavy atom. The second kappa shape index (κ2) is 7.54. The molecule has 1 aromatic heterocycles. The minimum Gasteiger partial charge on any atom is -0.323 e. The number of carbonyl (C=O) groups is 1. The fourth-order valence-corrected chi connectivity index (χ4v) is 3.56. The van der Waals surface area contributed by atoms with Crippen LogP contribution in [0.2, 0.25) is 0 Å². The van der Waals surface area contributed by atoms with Gasteiger partial charge in [-0.05, 0) is 59.3 Å². The van der Waals surface area contributed by atoms with Crippen molar-refractivity contribution in [1.29, 1.82) is 5.26 Å². The maximum absolute atomic E-state index is 12.3. The third-order valence-electron chi connectivity index (χ3n) is 3.50. The Morgan fingerprint density at radius 2 is 2.05 bits per heavy atom. The van der Waals surface area contributed by atoms with Gasteiger partial charge in [0.2, 0.25) is 0 Å². The Kier molecular flexibility index (Phi) is 5.72. The molecule has 0 aliphatic heterocycles.